The summed E-state index contributed by atoms with van der Waals surface area (Å²) >= 11 is 0. The van der Waals surface area contributed by atoms with E-state index < -0.39 is 15.7 Å². The highest BCUT2D eigenvalue weighted by atomic mass is 32.2. The average molecular weight is 585 g/mol. The second kappa shape index (κ2) is 12.5. The number of nitrogens with one attached hydrogen (secondary N) is 1. The fraction of sp³-hybridized carbons (Fsp3) is 0.303. The van der Waals surface area contributed by atoms with Gasteiger partial charge in [0.05, 0.1) is 23.6 Å². The molecule has 0 radical (unpaired) electrons. The number of rotatable bonds is 9. The molecule has 2 aromatic heterocycles. The molecule has 3 heterocycles. The lowest BCUT2D eigenvalue weighted by Gasteiger charge is -2.30. The molecule has 2 atom stereocenters. The molecule has 2 N–H and O–H groups in total. The van der Waals surface area contributed by atoms with E-state index in [0.717, 1.165) is 39.1 Å². The van der Waals surface area contributed by atoms with Gasteiger partial charge in [-0.2, -0.15) is 0 Å². The number of aromatic nitrogens is 2. The highest BCUT2D eigenvalue weighted by Gasteiger charge is 2.40. The van der Waals surface area contributed by atoms with Crippen molar-refractivity contribution >= 4 is 16.9 Å². The lowest BCUT2D eigenvalue weighted by atomic mass is 9.94. The summed E-state index contributed by atoms with van der Waals surface area (Å²) in [6.45, 7) is 6.46. The Hall–Kier alpha value is -3.92. The van der Waals surface area contributed by atoms with Crippen LogP contribution in [0.4, 0.5) is 0 Å². The first kappa shape index (κ1) is 29.6. The van der Waals surface area contributed by atoms with Gasteiger partial charge in [0.25, 0.3) is 5.91 Å². The van der Waals surface area contributed by atoms with Crippen molar-refractivity contribution in [1.29, 1.82) is 0 Å². The van der Waals surface area contributed by atoms with E-state index in [1.807, 2.05) is 79.7 Å². The molecule has 0 saturated carbocycles. The van der Waals surface area contributed by atoms with Crippen LogP contribution in [-0.4, -0.2) is 48.0 Å². The Kier molecular flexibility index (Phi) is 8.82. The van der Waals surface area contributed by atoms with Crippen LogP contribution in [0.3, 0.4) is 0 Å². The largest absolute Gasteiger partial charge is 0.497 e. The molecular formula is C33H36N4O4S. The molecule has 0 bridgehead atoms. The van der Waals surface area contributed by atoms with Crippen molar-refractivity contribution in [2.75, 3.05) is 13.7 Å². The molecule has 0 spiro atoms. The van der Waals surface area contributed by atoms with Crippen LogP contribution in [0.2, 0.25) is 0 Å². The highest BCUT2D eigenvalue weighted by molar-refractivity contribution is 7.84. The van der Waals surface area contributed by atoms with E-state index in [0.29, 0.717) is 25.2 Å². The van der Waals surface area contributed by atoms with Crippen LogP contribution in [0.15, 0.2) is 79.1 Å². The summed E-state index contributed by atoms with van der Waals surface area (Å²) in [5, 5.41) is 13.0. The van der Waals surface area contributed by atoms with Gasteiger partial charge in [-0.3, -0.25) is 9.78 Å². The SMILES string of the molecule is COc1cccc(CNC(=O)c2cc3c(c(-c4cccc(-c5ccncc5)c4)n2)[C@@H](CCO)N([S@](=O)C(C)(C)C)C3)c1. The second-order valence-corrected chi connectivity index (χ2v) is 13.4. The van der Waals surface area contributed by atoms with E-state index in [1.165, 1.54) is 0 Å². The number of amides is 1. The van der Waals surface area contributed by atoms with Crippen molar-refractivity contribution in [3.8, 4) is 28.1 Å². The maximum absolute atomic E-state index is 13.7. The number of ether oxygens (including phenoxy) is 1. The molecule has 1 aliphatic rings. The van der Waals surface area contributed by atoms with Gasteiger partial charge in [0.2, 0.25) is 0 Å². The number of nitrogens with zero attached hydrogens (tertiary/aromatic N) is 3. The molecule has 0 saturated heterocycles. The molecule has 2 aromatic carbocycles. The molecule has 0 aliphatic carbocycles. The van der Waals surface area contributed by atoms with Crippen LogP contribution >= 0.6 is 0 Å². The Bertz CT molecular complexity index is 1600. The van der Waals surface area contributed by atoms with Gasteiger partial charge in [-0.15, -0.1) is 0 Å². The second-order valence-electron chi connectivity index (χ2n) is 11.2. The molecule has 9 heteroatoms. The summed E-state index contributed by atoms with van der Waals surface area (Å²) in [7, 11) is 0.265. The Balaban J connectivity index is 1.58. The van der Waals surface area contributed by atoms with Gasteiger partial charge in [-0.05, 0) is 85.8 Å². The zero-order valence-corrected chi connectivity index (χ0v) is 25.1. The lowest BCUT2D eigenvalue weighted by molar-refractivity contribution is 0.0946. The number of pyridine rings is 2. The minimum absolute atomic E-state index is 0.0682. The van der Waals surface area contributed by atoms with Gasteiger partial charge in [-0.1, -0.05) is 30.3 Å². The van der Waals surface area contributed by atoms with Crippen LogP contribution in [0.1, 0.15) is 60.4 Å². The quantitative estimate of drug-likeness (QED) is 0.271. The summed E-state index contributed by atoms with van der Waals surface area (Å²) in [4.78, 5) is 22.6. The predicted molar refractivity (Wildman–Crippen MR) is 165 cm³/mol. The molecule has 1 amide bonds. The maximum Gasteiger partial charge on any atom is 0.270 e. The fourth-order valence-corrected chi connectivity index (χ4v) is 6.65. The minimum Gasteiger partial charge on any atom is -0.497 e. The molecule has 42 heavy (non-hydrogen) atoms. The number of fused-ring (bicyclic) bond motifs is 1. The van der Waals surface area contributed by atoms with E-state index in [4.69, 9.17) is 9.72 Å². The summed E-state index contributed by atoms with van der Waals surface area (Å²) in [6.07, 6.45) is 3.90. The van der Waals surface area contributed by atoms with Crippen LogP contribution in [0.5, 0.6) is 5.75 Å². The van der Waals surface area contributed by atoms with Crippen LogP contribution in [-0.2, 0) is 24.1 Å². The number of methoxy groups -OCH3 is 1. The van der Waals surface area contributed by atoms with Crippen LogP contribution in [0, 0.1) is 0 Å². The van der Waals surface area contributed by atoms with E-state index in [1.54, 1.807) is 25.6 Å². The van der Waals surface area contributed by atoms with E-state index >= 15 is 0 Å². The van der Waals surface area contributed by atoms with Gasteiger partial charge in [0.15, 0.2) is 0 Å². The molecule has 1 aliphatic heterocycles. The fourth-order valence-electron chi connectivity index (χ4n) is 5.25. The first-order valence-corrected chi connectivity index (χ1v) is 15.1. The van der Waals surface area contributed by atoms with Gasteiger partial charge < -0.3 is 15.2 Å². The Morgan fingerprint density at radius 1 is 1.05 bits per heavy atom. The maximum atomic E-state index is 13.7. The predicted octanol–water partition coefficient (Wildman–Crippen LogP) is 5.45. The Morgan fingerprint density at radius 2 is 1.79 bits per heavy atom. The monoisotopic (exact) mass is 584 g/mol. The Morgan fingerprint density at radius 3 is 2.50 bits per heavy atom. The van der Waals surface area contributed by atoms with E-state index in [2.05, 4.69) is 16.4 Å². The van der Waals surface area contributed by atoms with Crippen LogP contribution in [0.25, 0.3) is 22.4 Å². The molecular weight excluding hydrogens is 548 g/mol. The summed E-state index contributed by atoms with van der Waals surface area (Å²) in [5.41, 5.74) is 6.48. The zero-order chi connectivity index (χ0) is 29.9. The average Bonchev–Trinajstić information content (AvgIpc) is 3.37. The summed E-state index contributed by atoms with van der Waals surface area (Å²) in [6, 6.07) is 20.9. The van der Waals surface area contributed by atoms with Gasteiger partial charge in [-0.25, -0.2) is 13.5 Å². The van der Waals surface area contributed by atoms with Crippen molar-refractivity contribution in [1.82, 2.24) is 19.6 Å². The number of aliphatic hydroxyl groups is 1. The van der Waals surface area contributed by atoms with E-state index in [9.17, 15) is 14.1 Å². The molecule has 8 nitrogen and oxygen atoms in total. The standard InChI is InChI=1S/C33H36N4O4S/c1-33(2,3)42(40)37-21-26-19-28(32(39)35-20-22-7-5-10-27(17-22)41-4)36-31(30(26)29(37)13-16-38)25-9-6-8-24(18-25)23-11-14-34-15-12-23/h5-12,14-15,17-19,29,38H,13,16,20-21H2,1-4H3,(H,35,39)/t29-,42-/m1/s1. The number of carbonyl (C=O) groups excluding carboxylic acids is 1. The number of carbonyl (C=O) groups is 1. The highest BCUT2D eigenvalue weighted by Crippen LogP contribution is 2.44. The molecule has 218 valence electrons. The summed E-state index contributed by atoms with van der Waals surface area (Å²) in [5.74, 6) is 0.414. The normalized spacial score (nSPS) is 15.7. The summed E-state index contributed by atoms with van der Waals surface area (Å²) < 4.78 is 20.4. The molecule has 0 fully saturated rings. The number of hydrogen-bond donors (Lipinski definition) is 2. The number of benzene rings is 2. The van der Waals surface area contributed by atoms with Gasteiger partial charge in [0.1, 0.15) is 22.4 Å². The number of aliphatic hydroxyl groups excluding tert-OH is 1. The van der Waals surface area contributed by atoms with Crippen molar-refractivity contribution in [2.24, 2.45) is 0 Å². The minimum atomic E-state index is -1.34. The topological polar surface area (TPSA) is 105 Å². The lowest BCUT2D eigenvalue weighted by Crippen LogP contribution is -2.36. The number of hydrogen-bond acceptors (Lipinski definition) is 6. The van der Waals surface area contributed by atoms with Crippen molar-refractivity contribution in [3.63, 3.8) is 0 Å². The zero-order valence-electron chi connectivity index (χ0n) is 24.3. The van der Waals surface area contributed by atoms with E-state index in [-0.39, 0.29) is 24.2 Å². The smallest absolute Gasteiger partial charge is 0.270 e. The van der Waals surface area contributed by atoms with Gasteiger partial charge >= 0.3 is 0 Å². The molecule has 5 rings (SSSR count). The van der Waals surface area contributed by atoms with Crippen molar-refractivity contribution < 1.29 is 18.8 Å². The van der Waals surface area contributed by atoms with Crippen molar-refractivity contribution in [3.05, 3.63) is 102 Å². The van der Waals surface area contributed by atoms with Crippen LogP contribution < -0.4 is 10.1 Å². The first-order valence-electron chi connectivity index (χ1n) is 13.9. The third-order valence-corrected chi connectivity index (χ3v) is 9.12. The molecule has 4 aromatic rings. The molecule has 0 unspecified atom stereocenters. The third kappa shape index (κ3) is 6.28. The van der Waals surface area contributed by atoms with Gasteiger partial charge in [0, 0.05) is 43.2 Å². The van der Waals surface area contributed by atoms with Crippen molar-refractivity contribution in [2.45, 2.75) is 51.1 Å². The Labute approximate surface area is 249 Å². The first-order chi connectivity index (χ1) is 20.2. The third-order valence-electron chi connectivity index (χ3n) is 7.26.